The van der Waals surface area contributed by atoms with Gasteiger partial charge in [-0.2, -0.15) is 9.97 Å². The Morgan fingerprint density at radius 3 is 2.38 bits per heavy atom. The second-order valence-electron chi connectivity index (χ2n) is 5.33. The molecule has 0 amide bonds. The van der Waals surface area contributed by atoms with Gasteiger partial charge in [-0.15, -0.1) is 0 Å². The largest absolute Gasteiger partial charge is 0.368 e. The van der Waals surface area contributed by atoms with Crippen LogP contribution in [0.15, 0.2) is 18.2 Å². The summed E-state index contributed by atoms with van der Waals surface area (Å²) in [6.45, 7) is 0. The molecule has 1 aromatic heterocycles. The number of halogens is 2. The second kappa shape index (κ2) is 6.16. The number of nitrogens with zero attached hydrogens (tertiary/aromatic N) is 3. The van der Waals surface area contributed by atoms with Gasteiger partial charge < -0.3 is 5.73 Å². The number of nitrogens with two attached hydrogens (primary N) is 1. The second-order valence-corrected chi connectivity index (χ2v) is 6.14. The number of anilines is 1. The van der Waals surface area contributed by atoms with Crippen molar-refractivity contribution < 1.29 is 0 Å². The van der Waals surface area contributed by atoms with Crippen molar-refractivity contribution in [2.24, 2.45) is 0 Å². The molecule has 0 atom stereocenters. The van der Waals surface area contributed by atoms with E-state index in [0.717, 1.165) is 24.2 Å². The fourth-order valence-electron chi connectivity index (χ4n) is 2.76. The Morgan fingerprint density at radius 2 is 1.71 bits per heavy atom. The molecule has 4 nitrogen and oxygen atoms in total. The molecular weight excluding hydrogens is 307 g/mol. The van der Waals surface area contributed by atoms with E-state index in [1.807, 2.05) is 18.2 Å². The Morgan fingerprint density at radius 1 is 1.05 bits per heavy atom. The predicted octanol–water partition coefficient (Wildman–Crippen LogP) is 4.01. The lowest BCUT2D eigenvalue weighted by Crippen LogP contribution is -2.10. The maximum atomic E-state index is 6.20. The van der Waals surface area contributed by atoms with E-state index >= 15 is 0 Å². The van der Waals surface area contributed by atoms with Gasteiger partial charge in [0.2, 0.25) is 5.95 Å². The van der Waals surface area contributed by atoms with Gasteiger partial charge in [0.05, 0.1) is 0 Å². The summed E-state index contributed by atoms with van der Waals surface area (Å²) in [5.74, 6) is 2.10. The van der Waals surface area contributed by atoms with Crippen molar-refractivity contribution in [3.05, 3.63) is 45.5 Å². The van der Waals surface area contributed by atoms with E-state index < -0.39 is 0 Å². The first kappa shape index (κ1) is 14.5. The van der Waals surface area contributed by atoms with E-state index in [1.54, 1.807) is 0 Å². The van der Waals surface area contributed by atoms with Gasteiger partial charge in [-0.3, -0.25) is 0 Å². The van der Waals surface area contributed by atoms with Crippen molar-refractivity contribution >= 4 is 29.2 Å². The van der Waals surface area contributed by atoms with Crippen LogP contribution in [-0.4, -0.2) is 15.0 Å². The Hall–Kier alpha value is -1.39. The SMILES string of the molecule is Nc1nc(Cc2c(Cl)cccc2Cl)nc(C2CCCC2)n1. The molecule has 2 aromatic rings. The minimum absolute atomic E-state index is 0.269. The lowest BCUT2D eigenvalue weighted by atomic mass is 10.1. The Labute approximate surface area is 133 Å². The number of nitrogen functional groups attached to an aromatic ring is 1. The lowest BCUT2D eigenvalue weighted by molar-refractivity contribution is 0.654. The highest BCUT2D eigenvalue weighted by molar-refractivity contribution is 6.36. The van der Waals surface area contributed by atoms with Crippen LogP contribution in [0.25, 0.3) is 0 Å². The third kappa shape index (κ3) is 3.27. The highest BCUT2D eigenvalue weighted by Gasteiger charge is 2.21. The molecule has 1 aliphatic carbocycles. The van der Waals surface area contributed by atoms with Crippen molar-refractivity contribution in [1.29, 1.82) is 0 Å². The first-order valence-corrected chi connectivity index (χ1v) is 7.82. The summed E-state index contributed by atoms with van der Waals surface area (Å²) in [5, 5.41) is 1.23. The van der Waals surface area contributed by atoms with Crippen molar-refractivity contribution in [2.45, 2.75) is 38.0 Å². The van der Waals surface area contributed by atoms with Gasteiger partial charge in [0.15, 0.2) is 0 Å². The Balaban J connectivity index is 1.91. The van der Waals surface area contributed by atoms with Crippen LogP contribution in [0.4, 0.5) is 5.95 Å². The van der Waals surface area contributed by atoms with E-state index in [2.05, 4.69) is 15.0 Å². The third-order valence-electron chi connectivity index (χ3n) is 3.83. The smallest absolute Gasteiger partial charge is 0.223 e. The first-order chi connectivity index (χ1) is 10.1. The molecular formula is C15H16Cl2N4. The molecule has 6 heteroatoms. The summed E-state index contributed by atoms with van der Waals surface area (Å²) < 4.78 is 0. The first-order valence-electron chi connectivity index (χ1n) is 7.06. The fraction of sp³-hybridized carbons (Fsp3) is 0.400. The van der Waals surface area contributed by atoms with Crippen LogP contribution in [-0.2, 0) is 6.42 Å². The summed E-state index contributed by atoms with van der Waals surface area (Å²) in [6.07, 6.45) is 5.15. The number of rotatable bonds is 3. The summed E-state index contributed by atoms with van der Waals surface area (Å²) in [6, 6.07) is 5.44. The zero-order valence-corrected chi connectivity index (χ0v) is 13.0. The van der Waals surface area contributed by atoms with Gasteiger partial charge in [0.1, 0.15) is 11.6 Å². The highest BCUT2D eigenvalue weighted by Crippen LogP contribution is 2.32. The number of hydrogen-bond donors (Lipinski definition) is 1. The van der Waals surface area contributed by atoms with Crippen molar-refractivity contribution in [1.82, 2.24) is 15.0 Å². The number of benzene rings is 1. The van der Waals surface area contributed by atoms with Crippen LogP contribution >= 0.6 is 23.2 Å². The van der Waals surface area contributed by atoms with E-state index in [-0.39, 0.29) is 5.95 Å². The lowest BCUT2D eigenvalue weighted by Gasteiger charge is -2.11. The van der Waals surface area contributed by atoms with E-state index in [1.165, 1.54) is 12.8 Å². The molecule has 0 radical (unpaired) electrons. The van der Waals surface area contributed by atoms with Gasteiger partial charge in [0, 0.05) is 22.4 Å². The summed E-state index contributed by atoms with van der Waals surface area (Å²) in [4.78, 5) is 13.1. The van der Waals surface area contributed by atoms with Crippen LogP contribution in [0.5, 0.6) is 0 Å². The van der Waals surface area contributed by atoms with Gasteiger partial charge in [-0.25, -0.2) is 4.98 Å². The van der Waals surface area contributed by atoms with Crippen LogP contribution in [0.1, 0.15) is 48.8 Å². The molecule has 1 fully saturated rings. The normalized spacial score (nSPS) is 15.5. The van der Waals surface area contributed by atoms with Gasteiger partial charge >= 0.3 is 0 Å². The number of aromatic nitrogens is 3. The van der Waals surface area contributed by atoms with Gasteiger partial charge in [-0.05, 0) is 30.5 Å². The van der Waals surface area contributed by atoms with Gasteiger partial charge in [-0.1, -0.05) is 42.1 Å². The topological polar surface area (TPSA) is 64.7 Å². The molecule has 0 spiro atoms. The minimum Gasteiger partial charge on any atom is -0.368 e. The molecule has 1 aromatic carbocycles. The zero-order chi connectivity index (χ0) is 14.8. The maximum Gasteiger partial charge on any atom is 0.223 e. The molecule has 0 unspecified atom stereocenters. The fourth-order valence-corrected chi connectivity index (χ4v) is 3.29. The average Bonchev–Trinajstić information content (AvgIpc) is 2.97. The monoisotopic (exact) mass is 322 g/mol. The number of hydrogen-bond acceptors (Lipinski definition) is 4. The standard InChI is InChI=1S/C15H16Cl2N4/c16-11-6-3-7-12(17)10(11)8-13-19-14(21-15(18)20-13)9-4-1-2-5-9/h3,6-7,9H,1-2,4-5,8H2,(H2,18,19,20,21). The van der Waals surface area contributed by atoms with E-state index in [4.69, 9.17) is 28.9 Å². The van der Waals surface area contributed by atoms with Crippen molar-refractivity contribution in [3.63, 3.8) is 0 Å². The maximum absolute atomic E-state index is 6.20. The van der Waals surface area contributed by atoms with Crippen molar-refractivity contribution in [2.75, 3.05) is 5.73 Å². The average molecular weight is 323 g/mol. The van der Waals surface area contributed by atoms with Gasteiger partial charge in [0.25, 0.3) is 0 Å². The summed E-state index contributed by atoms with van der Waals surface area (Å²) >= 11 is 12.4. The molecule has 3 rings (SSSR count). The Kier molecular flexibility index (Phi) is 4.27. The van der Waals surface area contributed by atoms with Crippen molar-refractivity contribution in [3.8, 4) is 0 Å². The van der Waals surface area contributed by atoms with E-state index in [9.17, 15) is 0 Å². The predicted molar refractivity (Wildman–Crippen MR) is 84.7 cm³/mol. The van der Waals surface area contributed by atoms with Crippen LogP contribution < -0.4 is 5.73 Å². The quantitative estimate of drug-likeness (QED) is 0.927. The molecule has 1 heterocycles. The molecule has 1 aliphatic rings. The van der Waals surface area contributed by atoms with Crippen LogP contribution in [0.3, 0.4) is 0 Å². The third-order valence-corrected chi connectivity index (χ3v) is 4.54. The molecule has 0 bridgehead atoms. The molecule has 1 saturated carbocycles. The molecule has 21 heavy (non-hydrogen) atoms. The van der Waals surface area contributed by atoms with Crippen LogP contribution in [0.2, 0.25) is 10.0 Å². The summed E-state index contributed by atoms with van der Waals surface area (Å²) in [7, 11) is 0. The highest BCUT2D eigenvalue weighted by atomic mass is 35.5. The molecule has 0 saturated heterocycles. The Bertz CT molecular complexity index is 634. The molecule has 2 N–H and O–H groups in total. The minimum atomic E-state index is 0.269. The zero-order valence-electron chi connectivity index (χ0n) is 11.5. The van der Waals surface area contributed by atoms with Crippen LogP contribution in [0, 0.1) is 0 Å². The summed E-state index contributed by atoms with van der Waals surface area (Å²) in [5.41, 5.74) is 6.65. The van der Waals surface area contributed by atoms with E-state index in [0.29, 0.717) is 28.2 Å². The molecule has 0 aliphatic heterocycles. The molecule has 110 valence electrons.